The summed E-state index contributed by atoms with van der Waals surface area (Å²) >= 11 is 0. The van der Waals surface area contributed by atoms with Crippen LogP contribution >= 0.6 is 0 Å². The van der Waals surface area contributed by atoms with Gasteiger partial charge in [-0.05, 0) is 24.6 Å². The van der Waals surface area contributed by atoms with Crippen molar-refractivity contribution >= 4 is 17.7 Å². The first-order valence-electron chi connectivity index (χ1n) is 8.50. The van der Waals surface area contributed by atoms with Crippen LogP contribution in [0.15, 0.2) is 48.2 Å². The number of ether oxygens (including phenoxy) is 1. The van der Waals surface area contributed by atoms with Crippen LogP contribution in [0.5, 0.6) is 0 Å². The predicted molar refractivity (Wildman–Crippen MR) is 95.7 cm³/mol. The van der Waals surface area contributed by atoms with Gasteiger partial charge in [-0.3, -0.25) is 14.4 Å². The molecule has 2 aliphatic rings. The number of nitrogens with two attached hydrogens (primary N) is 1. The van der Waals surface area contributed by atoms with Gasteiger partial charge in [-0.25, -0.2) is 4.39 Å². The van der Waals surface area contributed by atoms with Crippen molar-refractivity contribution in [3.63, 3.8) is 0 Å². The number of methoxy groups -OCH3 is 1. The van der Waals surface area contributed by atoms with Gasteiger partial charge in [0.25, 0.3) is 0 Å². The van der Waals surface area contributed by atoms with Gasteiger partial charge in [0.1, 0.15) is 11.9 Å². The molecule has 0 aliphatic carbocycles. The molecule has 1 saturated heterocycles. The molecule has 144 valence electrons. The highest BCUT2D eigenvalue weighted by Crippen LogP contribution is 2.53. The van der Waals surface area contributed by atoms with E-state index in [1.807, 2.05) is 6.07 Å². The average molecular weight is 383 g/mol. The number of fused-ring (bicyclic) bond motifs is 1. The number of hydrogen-bond donors (Lipinski definition) is 1. The van der Waals surface area contributed by atoms with Crippen molar-refractivity contribution in [2.24, 2.45) is 11.1 Å². The summed E-state index contributed by atoms with van der Waals surface area (Å²) in [7, 11) is 1.13. The van der Waals surface area contributed by atoms with Crippen LogP contribution in [0.3, 0.4) is 0 Å². The maximum Gasteiger partial charge on any atom is 0.329 e. The van der Waals surface area contributed by atoms with Crippen LogP contribution in [0.4, 0.5) is 4.39 Å². The predicted octanol–water partition coefficient (Wildman–Crippen LogP) is 1.17. The van der Waals surface area contributed by atoms with Crippen LogP contribution in [0.25, 0.3) is 0 Å². The summed E-state index contributed by atoms with van der Waals surface area (Å²) in [6.07, 6.45) is 4.41. The van der Waals surface area contributed by atoms with Gasteiger partial charge in [0.15, 0.2) is 11.2 Å². The zero-order chi connectivity index (χ0) is 20.6. The van der Waals surface area contributed by atoms with Crippen molar-refractivity contribution in [1.82, 2.24) is 4.90 Å². The number of amides is 1. The van der Waals surface area contributed by atoms with Crippen LogP contribution in [-0.2, 0) is 19.1 Å². The molecule has 0 spiro atoms. The molecule has 28 heavy (non-hydrogen) atoms. The van der Waals surface area contributed by atoms with E-state index < -0.39 is 41.1 Å². The molecule has 1 amide bonds. The van der Waals surface area contributed by atoms with E-state index in [9.17, 15) is 24.0 Å². The number of carbonyl (C=O) groups is 3. The molecule has 3 rings (SSSR count). The normalized spacial score (nSPS) is 28.1. The second kappa shape index (κ2) is 6.93. The molecule has 0 bridgehead atoms. The average Bonchev–Trinajstić information content (AvgIpc) is 2.98. The number of hydrogen-bond acceptors (Lipinski definition) is 6. The Hall–Kier alpha value is -3.47. The zero-order valence-electron chi connectivity index (χ0n) is 15.3. The van der Waals surface area contributed by atoms with Gasteiger partial charge in [-0.2, -0.15) is 5.26 Å². The maximum absolute atomic E-state index is 13.9. The van der Waals surface area contributed by atoms with Crippen LogP contribution in [0, 0.1) is 22.6 Å². The smallest absolute Gasteiger partial charge is 0.329 e. The molecule has 2 heterocycles. The minimum atomic E-state index is -1.86. The lowest BCUT2D eigenvalue weighted by Gasteiger charge is -2.32. The number of halogens is 1. The Labute approximate surface area is 160 Å². The Balaban J connectivity index is 2.31. The monoisotopic (exact) mass is 383 g/mol. The summed E-state index contributed by atoms with van der Waals surface area (Å²) in [5.74, 6) is -3.62. The molecular weight excluding hydrogens is 365 g/mol. The highest BCUT2D eigenvalue weighted by Gasteiger charge is 2.66. The van der Waals surface area contributed by atoms with Crippen molar-refractivity contribution in [1.29, 1.82) is 5.26 Å². The number of nitrogens with zero attached hydrogens (tertiary/aromatic N) is 2. The fourth-order valence-electron chi connectivity index (χ4n) is 4.09. The lowest BCUT2D eigenvalue weighted by Crippen LogP contribution is -2.45. The molecule has 0 aromatic heterocycles. The van der Waals surface area contributed by atoms with E-state index in [0.717, 1.165) is 13.2 Å². The molecule has 1 fully saturated rings. The van der Waals surface area contributed by atoms with Crippen LogP contribution in [-0.4, -0.2) is 41.8 Å². The summed E-state index contributed by atoms with van der Waals surface area (Å²) < 4.78 is 18.8. The van der Waals surface area contributed by atoms with Crippen LogP contribution in [0.1, 0.15) is 18.4 Å². The largest absolute Gasteiger partial charge is 0.468 e. The van der Waals surface area contributed by atoms with Gasteiger partial charge in [-0.15, -0.1) is 0 Å². The molecule has 2 N–H and O–H groups in total. The number of esters is 1. The standard InChI is InChI=1S/C20H18FN3O4/c1-11(25)13-6-7-15-20(10-22,19(27)28-2)16(12-4-3-5-14(21)8-12)17(18(23)26)24(15)9-13/h3-9,15-17H,1-2H3,(H2,23,26)/t15-,16-,17+,20+/m0/s1. The Kier molecular flexibility index (Phi) is 4.77. The maximum atomic E-state index is 13.9. The first-order chi connectivity index (χ1) is 13.3. The van der Waals surface area contributed by atoms with Gasteiger partial charge in [0.05, 0.1) is 19.2 Å². The topological polar surface area (TPSA) is 113 Å². The molecule has 0 radical (unpaired) electrons. The van der Waals surface area contributed by atoms with E-state index in [0.29, 0.717) is 5.57 Å². The van der Waals surface area contributed by atoms with E-state index >= 15 is 0 Å². The third-order valence-electron chi connectivity index (χ3n) is 5.28. The Morgan fingerprint density at radius 1 is 1.36 bits per heavy atom. The fraction of sp³-hybridized carbons (Fsp3) is 0.300. The summed E-state index contributed by atoms with van der Waals surface area (Å²) in [4.78, 5) is 38.5. The quantitative estimate of drug-likeness (QED) is 0.781. The molecule has 4 atom stereocenters. The van der Waals surface area contributed by atoms with Gasteiger partial charge in [0.2, 0.25) is 5.91 Å². The SMILES string of the molecule is COC(=O)[C@]1(C#N)[C@@H]2C=CC(C(C)=O)=CN2[C@@H](C(N)=O)[C@@H]1c1cccc(F)c1. The summed E-state index contributed by atoms with van der Waals surface area (Å²) in [5, 5.41) is 10.1. The third kappa shape index (κ3) is 2.67. The van der Waals surface area contributed by atoms with E-state index in [1.165, 1.54) is 48.4 Å². The van der Waals surface area contributed by atoms with Crippen molar-refractivity contribution < 1.29 is 23.5 Å². The van der Waals surface area contributed by atoms with E-state index in [1.54, 1.807) is 0 Å². The van der Waals surface area contributed by atoms with Gasteiger partial charge in [-0.1, -0.05) is 24.3 Å². The third-order valence-corrected chi connectivity index (χ3v) is 5.28. The highest BCUT2D eigenvalue weighted by molar-refractivity contribution is 5.97. The van der Waals surface area contributed by atoms with Gasteiger partial charge >= 0.3 is 5.97 Å². The van der Waals surface area contributed by atoms with E-state index in [2.05, 4.69) is 0 Å². The Bertz CT molecular complexity index is 964. The second-order valence-electron chi connectivity index (χ2n) is 6.74. The number of nitriles is 1. The van der Waals surface area contributed by atoms with Crippen LogP contribution < -0.4 is 5.73 Å². The minimum absolute atomic E-state index is 0.257. The molecule has 8 heteroatoms. The first kappa shape index (κ1) is 19.3. The number of ketones is 1. The van der Waals surface area contributed by atoms with Gasteiger partial charge < -0.3 is 15.4 Å². The molecule has 0 unspecified atom stereocenters. The second-order valence-corrected chi connectivity index (χ2v) is 6.74. The van der Waals surface area contributed by atoms with E-state index in [-0.39, 0.29) is 11.3 Å². The molecule has 2 aliphatic heterocycles. The molecule has 7 nitrogen and oxygen atoms in total. The number of benzene rings is 1. The number of Topliss-reactive ketones (excluding diaryl/α,β-unsaturated/α-hetero) is 1. The van der Waals surface area contributed by atoms with E-state index in [4.69, 9.17) is 10.5 Å². The van der Waals surface area contributed by atoms with Gasteiger partial charge in [0, 0.05) is 17.7 Å². The van der Waals surface area contributed by atoms with Crippen molar-refractivity contribution in [3.8, 4) is 6.07 Å². The highest BCUT2D eigenvalue weighted by atomic mass is 19.1. The number of carbonyl (C=O) groups excluding carboxylic acids is 3. The minimum Gasteiger partial charge on any atom is -0.468 e. The number of rotatable bonds is 4. The number of primary amides is 1. The Morgan fingerprint density at radius 3 is 2.61 bits per heavy atom. The zero-order valence-corrected chi connectivity index (χ0v) is 15.3. The summed E-state index contributed by atoms with van der Waals surface area (Å²) in [5.41, 5.74) is 4.32. The molecular formula is C20H18FN3O4. The van der Waals surface area contributed by atoms with Crippen LogP contribution in [0.2, 0.25) is 0 Å². The lowest BCUT2D eigenvalue weighted by atomic mass is 9.68. The van der Waals surface area contributed by atoms with Crippen molar-refractivity contribution in [2.45, 2.75) is 24.9 Å². The first-order valence-corrected chi connectivity index (χ1v) is 8.50. The summed E-state index contributed by atoms with van der Waals surface area (Å²) in [6.45, 7) is 1.35. The fourth-order valence-corrected chi connectivity index (χ4v) is 4.09. The lowest BCUT2D eigenvalue weighted by molar-refractivity contribution is -0.150. The summed E-state index contributed by atoms with van der Waals surface area (Å²) in [6, 6.07) is 5.25. The molecule has 0 saturated carbocycles. The van der Waals surface area contributed by atoms with Crippen molar-refractivity contribution in [3.05, 3.63) is 59.6 Å². The molecule has 1 aromatic carbocycles. The Morgan fingerprint density at radius 2 is 2.07 bits per heavy atom. The number of allylic oxidation sites excluding steroid dienone is 2. The molecule has 1 aromatic rings. The van der Waals surface area contributed by atoms with Crippen molar-refractivity contribution in [2.75, 3.05) is 7.11 Å².